The molecule has 1 atom stereocenters. The molecule has 0 bridgehead atoms. The highest BCUT2D eigenvalue weighted by Crippen LogP contribution is 2.26. The van der Waals surface area contributed by atoms with E-state index < -0.39 is 6.04 Å². The Morgan fingerprint density at radius 1 is 1.14 bits per heavy atom. The summed E-state index contributed by atoms with van der Waals surface area (Å²) in [4.78, 5) is 12.7. The fourth-order valence-corrected chi connectivity index (χ4v) is 3.66. The fourth-order valence-electron chi connectivity index (χ4n) is 3.66. The molecule has 1 aromatic carbocycles. The van der Waals surface area contributed by atoms with Crippen LogP contribution < -0.4 is 5.73 Å². The molecule has 1 aliphatic rings. The average molecular weight is 303 g/mol. The molecule has 122 valence electrons. The molecule has 0 radical (unpaired) electrons. The Morgan fingerprint density at radius 2 is 1.64 bits per heavy atom. The summed E-state index contributed by atoms with van der Waals surface area (Å²) in [6.07, 6.45) is 8.68. The Hall–Kier alpha value is -1.35. The lowest BCUT2D eigenvalue weighted by Gasteiger charge is -2.23. The van der Waals surface area contributed by atoms with E-state index in [0.717, 1.165) is 42.4 Å². The Balaban J connectivity index is 2.04. The van der Waals surface area contributed by atoms with Crippen LogP contribution in [0.5, 0.6) is 5.75 Å². The zero-order valence-electron chi connectivity index (χ0n) is 13.9. The molecule has 0 unspecified atom stereocenters. The number of aryl methyl sites for hydroxylation is 2. The molecule has 2 rings (SSSR count). The molecular formula is C19H29NO2. The molecule has 0 aliphatic heterocycles. The first-order valence-electron chi connectivity index (χ1n) is 8.57. The summed E-state index contributed by atoms with van der Waals surface area (Å²) in [7, 11) is 0. The van der Waals surface area contributed by atoms with E-state index in [2.05, 4.69) is 0 Å². The van der Waals surface area contributed by atoms with Gasteiger partial charge in [0.15, 0.2) is 5.78 Å². The number of benzene rings is 1. The third-order valence-electron chi connectivity index (χ3n) is 4.98. The first-order valence-corrected chi connectivity index (χ1v) is 8.57. The van der Waals surface area contributed by atoms with Crippen LogP contribution in [0.2, 0.25) is 0 Å². The number of hydrogen-bond acceptors (Lipinski definition) is 3. The Labute approximate surface area is 133 Å². The van der Waals surface area contributed by atoms with Gasteiger partial charge in [-0.25, -0.2) is 0 Å². The van der Waals surface area contributed by atoms with Crippen molar-refractivity contribution < 1.29 is 9.90 Å². The third-order valence-corrected chi connectivity index (χ3v) is 4.98. The molecule has 1 aliphatic carbocycles. The van der Waals surface area contributed by atoms with Crippen molar-refractivity contribution in [2.24, 2.45) is 11.7 Å². The van der Waals surface area contributed by atoms with E-state index in [0.29, 0.717) is 6.42 Å². The van der Waals surface area contributed by atoms with Gasteiger partial charge in [0.1, 0.15) is 5.75 Å². The summed E-state index contributed by atoms with van der Waals surface area (Å²) in [6, 6.07) is 3.07. The van der Waals surface area contributed by atoms with Crippen molar-refractivity contribution >= 4 is 5.78 Å². The first-order chi connectivity index (χ1) is 10.5. The molecule has 0 heterocycles. The number of Topliss-reactive ketones (excluding diaryl/α,β-unsaturated/α-hetero) is 1. The molecule has 0 aromatic heterocycles. The maximum Gasteiger partial charge on any atom is 0.152 e. The molecule has 3 N–H and O–H groups in total. The lowest BCUT2D eigenvalue weighted by Crippen LogP contribution is -2.38. The molecule has 22 heavy (non-hydrogen) atoms. The minimum atomic E-state index is -0.425. The number of carbonyl (C=O) groups is 1. The molecule has 1 fully saturated rings. The minimum Gasteiger partial charge on any atom is -0.508 e. The maximum atomic E-state index is 12.7. The number of hydrogen-bond donors (Lipinski definition) is 2. The highest BCUT2D eigenvalue weighted by atomic mass is 16.3. The monoisotopic (exact) mass is 303 g/mol. The SMILES string of the molecule is Cc1cc(O)cc(C)c1C[C@H](N)C(=O)C1CCCCCCC1. The molecular weight excluding hydrogens is 274 g/mol. The second-order valence-electron chi connectivity index (χ2n) is 6.81. The largest absolute Gasteiger partial charge is 0.508 e. The number of phenolic OH excluding ortho intramolecular Hbond substituents is 1. The summed E-state index contributed by atoms with van der Waals surface area (Å²) in [5.41, 5.74) is 9.36. The zero-order valence-corrected chi connectivity index (χ0v) is 13.9. The van der Waals surface area contributed by atoms with Crippen LogP contribution in [0.1, 0.15) is 61.6 Å². The molecule has 3 nitrogen and oxygen atoms in total. The van der Waals surface area contributed by atoms with Gasteiger partial charge in [0.2, 0.25) is 0 Å². The number of ketones is 1. The molecule has 0 spiro atoms. The van der Waals surface area contributed by atoms with E-state index in [1.54, 1.807) is 12.1 Å². The molecule has 3 heteroatoms. The summed E-state index contributed by atoms with van der Waals surface area (Å²) < 4.78 is 0. The van der Waals surface area contributed by atoms with Crippen molar-refractivity contribution in [3.63, 3.8) is 0 Å². The van der Waals surface area contributed by atoms with Crippen LogP contribution in [-0.4, -0.2) is 16.9 Å². The Morgan fingerprint density at radius 3 is 2.18 bits per heavy atom. The Kier molecular flexibility index (Phi) is 6.01. The van der Waals surface area contributed by atoms with E-state index in [-0.39, 0.29) is 17.5 Å². The normalized spacial score (nSPS) is 18.5. The Bertz CT molecular complexity index is 493. The lowest BCUT2D eigenvalue weighted by atomic mass is 9.83. The second kappa shape index (κ2) is 7.77. The van der Waals surface area contributed by atoms with E-state index in [1.807, 2.05) is 13.8 Å². The number of rotatable bonds is 4. The summed E-state index contributed by atoms with van der Waals surface area (Å²) >= 11 is 0. The second-order valence-corrected chi connectivity index (χ2v) is 6.81. The van der Waals surface area contributed by atoms with Crippen molar-refractivity contribution in [3.05, 3.63) is 28.8 Å². The van der Waals surface area contributed by atoms with Crippen LogP contribution in [0.3, 0.4) is 0 Å². The number of carbonyl (C=O) groups excluding carboxylic acids is 1. The van der Waals surface area contributed by atoms with Gasteiger partial charge >= 0.3 is 0 Å². The predicted octanol–water partition coefficient (Wildman–Crippen LogP) is 3.81. The van der Waals surface area contributed by atoms with Gasteiger partial charge in [-0.2, -0.15) is 0 Å². The van der Waals surface area contributed by atoms with Crippen molar-refractivity contribution in [3.8, 4) is 5.75 Å². The highest BCUT2D eigenvalue weighted by Gasteiger charge is 2.25. The minimum absolute atomic E-state index is 0.146. The third kappa shape index (κ3) is 4.33. The van der Waals surface area contributed by atoms with Gasteiger partial charge in [0.05, 0.1) is 6.04 Å². The quantitative estimate of drug-likeness (QED) is 0.889. The van der Waals surface area contributed by atoms with Crippen LogP contribution in [0.15, 0.2) is 12.1 Å². The molecule has 1 aromatic rings. The van der Waals surface area contributed by atoms with E-state index in [9.17, 15) is 9.90 Å². The highest BCUT2D eigenvalue weighted by molar-refractivity contribution is 5.86. The van der Waals surface area contributed by atoms with Gasteiger partial charge in [0.25, 0.3) is 0 Å². The fraction of sp³-hybridized carbons (Fsp3) is 0.632. The van der Waals surface area contributed by atoms with Crippen LogP contribution in [0.25, 0.3) is 0 Å². The van der Waals surface area contributed by atoms with E-state index in [1.165, 1.54) is 19.3 Å². The van der Waals surface area contributed by atoms with Gasteiger partial charge in [-0.05, 0) is 61.9 Å². The maximum absolute atomic E-state index is 12.7. The lowest BCUT2D eigenvalue weighted by molar-refractivity contribution is -0.124. The smallest absolute Gasteiger partial charge is 0.152 e. The topological polar surface area (TPSA) is 63.3 Å². The molecule has 0 saturated heterocycles. The van der Waals surface area contributed by atoms with Gasteiger partial charge in [-0.1, -0.05) is 32.1 Å². The van der Waals surface area contributed by atoms with Crippen LogP contribution in [-0.2, 0) is 11.2 Å². The van der Waals surface area contributed by atoms with Crippen molar-refractivity contribution in [2.75, 3.05) is 0 Å². The number of nitrogens with two attached hydrogens (primary N) is 1. The van der Waals surface area contributed by atoms with Crippen LogP contribution >= 0.6 is 0 Å². The van der Waals surface area contributed by atoms with Gasteiger partial charge in [-0.3, -0.25) is 4.79 Å². The standard InChI is InChI=1S/C19H29NO2/c1-13-10-16(21)11-14(2)17(13)12-18(20)19(22)15-8-6-4-3-5-7-9-15/h10-11,15,18,21H,3-9,12,20H2,1-2H3/t18-/m0/s1. The summed E-state index contributed by atoms with van der Waals surface area (Å²) in [6.45, 7) is 3.93. The van der Waals surface area contributed by atoms with Crippen molar-refractivity contribution in [2.45, 2.75) is 71.3 Å². The first kappa shape index (κ1) is 17.0. The predicted molar refractivity (Wildman–Crippen MR) is 90.1 cm³/mol. The number of phenols is 1. The zero-order chi connectivity index (χ0) is 16.1. The van der Waals surface area contributed by atoms with Gasteiger partial charge in [-0.15, -0.1) is 0 Å². The molecule has 0 amide bonds. The van der Waals surface area contributed by atoms with Crippen molar-refractivity contribution in [1.82, 2.24) is 0 Å². The summed E-state index contributed by atoms with van der Waals surface area (Å²) in [5, 5.41) is 9.63. The molecule has 1 saturated carbocycles. The summed E-state index contributed by atoms with van der Waals surface area (Å²) in [5.74, 6) is 0.653. The van der Waals surface area contributed by atoms with Crippen LogP contribution in [0.4, 0.5) is 0 Å². The van der Waals surface area contributed by atoms with Crippen LogP contribution in [0, 0.1) is 19.8 Å². The number of aromatic hydroxyl groups is 1. The van der Waals surface area contributed by atoms with Crippen molar-refractivity contribution in [1.29, 1.82) is 0 Å². The van der Waals surface area contributed by atoms with E-state index >= 15 is 0 Å². The van der Waals surface area contributed by atoms with Gasteiger partial charge < -0.3 is 10.8 Å². The average Bonchev–Trinajstić information content (AvgIpc) is 2.41. The van der Waals surface area contributed by atoms with Gasteiger partial charge in [0, 0.05) is 5.92 Å². The van der Waals surface area contributed by atoms with E-state index in [4.69, 9.17) is 5.73 Å².